The number of benzene rings is 1. The number of nitro benzene ring substituents is 1. The van der Waals surface area contributed by atoms with E-state index in [2.05, 4.69) is 17.9 Å². The average Bonchev–Trinajstić information content (AvgIpc) is 2.36. The van der Waals surface area contributed by atoms with Crippen molar-refractivity contribution in [3.05, 3.63) is 39.9 Å². The molecule has 7 nitrogen and oxygen atoms in total. The quantitative estimate of drug-likeness (QED) is 0.265. The van der Waals surface area contributed by atoms with E-state index in [4.69, 9.17) is 10.8 Å². The van der Waals surface area contributed by atoms with Gasteiger partial charge in [0.1, 0.15) is 0 Å². The van der Waals surface area contributed by atoms with Gasteiger partial charge < -0.3 is 16.2 Å². The summed E-state index contributed by atoms with van der Waals surface area (Å²) in [6, 6.07) is 6.24. The van der Waals surface area contributed by atoms with Crippen LogP contribution in [-0.2, 0) is 6.42 Å². The van der Waals surface area contributed by atoms with E-state index < -0.39 is 21.9 Å². The van der Waals surface area contributed by atoms with Crippen molar-refractivity contribution in [3.8, 4) is 0 Å². The Balaban J connectivity index is 2.80. The van der Waals surface area contributed by atoms with Gasteiger partial charge in [0.25, 0.3) is 5.69 Å². The molecule has 1 rings (SSSR count). The van der Waals surface area contributed by atoms with Gasteiger partial charge in [-0.25, -0.2) is 4.79 Å². The molecule has 1 amide bonds. The summed E-state index contributed by atoms with van der Waals surface area (Å²) >= 11 is 4.27. The second-order valence-electron chi connectivity index (χ2n) is 5.90. The number of rotatable bonds is 7. The molecule has 8 heteroatoms. The van der Waals surface area contributed by atoms with Crippen LogP contribution in [0.2, 0.25) is 0 Å². The molecule has 1 unspecified atom stereocenters. The van der Waals surface area contributed by atoms with Crippen LogP contribution in [0.1, 0.15) is 25.8 Å². The van der Waals surface area contributed by atoms with Crippen molar-refractivity contribution < 1.29 is 14.8 Å². The second kappa shape index (κ2) is 7.46. The van der Waals surface area contributed by atoms with Crippen LogP contribution >= 0.6 is 12.6 Å². The first-order valence-electron chi connectivity index (χ1n) is 6.79. The summed E-state index contributed by atoms with van der Waals surface area (Å²) in [4.78, 5) is 21.0. The molecule has 4 N–H and O–H groups in total. The van der Waals surface area contributed by atoms with Gasteiger partial charge in [-0.2, -0.15) is 12.6 Å². The van der Waals surface area contributed by atoms with Gasteiger partial charge in [0, 0.05) is 17.7 Å². The van der Waals surface area contributed by atoms with Crippen LogP contribution in [0.4, 0.5) is 10.5 Å². The van der Waals surface area contributed by atoms with E-state index in [1.807, 2.05) is 0 Å². The number of thiol groups is 1. The smallest absolute Gasteiger partial charge is 0.405 e. The molecule has 0 bridgehead atoms. The minimum absolute atomic E-state index is 0.0309. The van der Waals surface area contributed by atoms with Crippen molar-refractivity contribution in [3.63, 3.8) is 0 Å². The van der Waals surface area contributed by atoms with E-state index in [-0.39, 0.29) is 11.6 Å². The number of nitrogens with one attached hydrogen (secondary N) is 1. The van der Waals surface area contributed by atoms with Crippen LogP contribution in [0.3, 0.4) is 0 Å². The molecular formula is C14H21N3O4S. The normalized spacial score (nSPS) is 14.2. The fraction of sp³-hybridized carbons (Fsp3) is 0.500. The van der Waals surface area contributed by atoms with Gasteiger partial charge >= 0.3 is 6.09 Å². The summed E-state index contributed by atoms with van der Waals surface area (Å²) in [6.07, 6.45) is -0.0271. The number of amides is 1. The lowest BCUT2D eigenvalue weighted by atomic mass is 9.86. The zero-order valence-electron chi connectivity index (χ0n) is 12.5. The monoisotopic (exact) mass is 327 g/mol. The van der Waals surface area contributed by atoms with Crippen molar-refractivity contribution in [2.45, 2.75) is 37.6 Å². The highest BCUT2D eigenvalue weighted by Crippen LogP contribution is 2.25. The molecule has 0 saturated carbocycles. The molecule has 1 aromatic rings. The van der Waals surface area contributed by atoms with E-state index in [9.17, 15) is 14.9 Å². The van der Waals surface area contributed by atoms with Crippen molar-refractivity contribution in [2.75, 3.05) is 0 Å². The highest BCUT2D eigenvalue weighted by molar-refractivity contribution is 7.80. The zero-order valence-corrected chi connectivity index (χ0v) is 13.4. The fourth-order valence-corrected chi connectivity index (χ4v) is 2.58. The van der Waals surface area contributed by atoms with Crippen molar-refractivity contribution >= 4 is 24.4 Å². The molecule has 2 atom stereocenters. The molecule has 0 aromatic heterocycles. The summed E-state index contributed by atoms with van der Waals surface area (Å²) in [7, 11) is 0. The number of hydrogen-bond donors (Lipinski definition) is 4. The number of carboxylic acid groups (broad SMARTS) is 1. The molecule has 0 heterocycles. The Morgan fingerprint density at radius 2 is 2.00 bits per heavy atom. The van der Waals surface area contributed by atoms with Gasteiger partial charge in [-0.05, 0) is 38.2 Å². The molecule has 0 aliphatic rings. The Labute approximate surface area is 134 Å². The lowest BCUT2D eigenvalue weighted by Gasteiger charge is -2.31. The number of nitrogens with zero attached hydrogens (tertiary/aromatic N) is 1. The minimum Gasteiger partial charge on any atom is -0.465 e. The van der Waals surface area contributed by atoms with Crippen LogP contribution in [0.25, 0.3) is 0 Å². The van der Waals surface area contributed by atoms with Gasteiger partial charge in [0.05, 0.1) is 10.3 Å². The number of nitrogens with two attached hydrogens (primary N) is 1. The van der Waals surface area contributed by atoms with Gasteiger partial charge in [0.15, 0.2) is 0 Å². The summed E-state index contributed by atoms with van der Waals surface area (Å²) in [6.45, 7) is 3.56. The lowest BCUT2D eigenvalue weighted by molar-refractivity contribution is -0.384. The molecule has 0 radical (unpaired) electrons. The molecule has 0 saturated heterocycles. The molecule has 22 heavy (non-hydrogen) atoms. The first-order chi connectivity index (χ1) is 10.1. The number of non-ortho nitro benzene ring substituents is 1. The zero-order chi connectivity index (χ0) is 16.9. The van der Waals surface area contributed by atoms with Crippen LogP contribution < -0.4 is 11.1 Å². The van der Waals surface area contributed by atoms with Crippen LogP contribution in [0.15, 0.2) is 24.3 Å². The first kappa shape index (κ1) is 18.2. The highest BCUT2D eigenvalue weighted by atomic mass is 32.1. The SMILES string of the molecule is CC(C)(C[C@H](Cc1ccc([N+](=O)[O-])cc1)C(N)S)NC(=O)O. The molecule has 122 valence electrons. The molecule has 1 aromatic carbocycles. The van der Waals surface area contributed by atoms with E-state index >= 15 is 0 Å². The van der Waals surface area contributed by atoms with Crippen molar-refractivity contribution in [2.24, 2.45) is 11.7 Å². The molecular weight excluding hydrogens is 306 g/mol. The van der Waals surface area contributed by atoms with Crippen molar-refractivity contribution in [1.82, 2.24) is 5.32 Å². The Morgan fingerprint density at radius 3 is 2.41 bits per heavy atom. The largest absolute Gasteiger partial charge is 0.465 e. The van der Waals surface area contributed by atoms with Crippen LogP contribution in [0.5, 0.6) is 0 Å². The minimum atomic E-state index is -1.09. The van der Waals surface area contributed by atoms with Gasteiger partial charge in [-0.3, -0.25) is 10.1 Å². The van der Waals surface area contributed by atoms with Crippen LogP contribution in [0, 0.1) is 16.0 Å². The Bertz CT molecular complexity index is 531. The lowest BCUT2D eigenvalue weighted by Crippen LogP contribution is -2.46. The average molecular weight is 327 g/mol. The maximum Gasteiger partial charge on any atom is 0.405 e. The predicted octanol–water partition coefficient (Wildman–Crippen LogP) is 2.40. The van der Waals surface area contributed by atoms with Gasteiger partial charge in [-0.1, -0.05) is 12.1 Å². The van der Waals surface area contributed by atoms with Crippen molar-refractivity contribution in [1.29, 1.82) is 0 Å². The van der Waals surface area contributed by atoms with E-state index in [0.29, 0.717) is 12.8 Å². The molecule has 0 spiro atoms. The van der Waals surface area contributed by atoms with E-state index in [0.717, 1.165) is 5.56 Å². The third kappa shape index (κ3) is 5.90. The number of carbonyl (C=O) groups is 1. The fourth-order valence-electron chi connectivity index (χ4n) is 2.37. The topological polar surface area (TPSA) is 118 Å². The third-order valence-corrected chi connectivity index (χ3v) is 3.77. The van der Waals surface area contributed by atoms with E-state index in [1.165, 1.54) is 12.1 Å². The number of nitro groups is 1. The standard InChI is InChI=1S/C14H21N3O4S/c1-14(2,16-13(18)19)8-10(12(15)22)7-9-3-5-11(6-4-9)17(20)21/h3-6,10,12,16,22H,7-8,15H2,1-2H3,(H,18,19)/t10-,12?/m0/s1. The maximum absolute atomic E-state index is 10.8. The summed E-state index contributed by atoms with van der Waals surface area (Å²) in [5.74, 6) is -0.0772. The highest BCUT2D eigenvalue weighted by Gasteiger charge is 2.27. The maximum atomic E-state index is 10.8. The summed E-state index contributed by atoms with van der Waals surface area (Å²) in [5, 5.41) is 21.5. The Hall–Kier alpha value is -1.80. The molecule has 0 aliphatic carbocycles. The number of hydrogen-bond acceptors (Lipinski definition) is 5. The predicted molar refractivity (Wildman–Crippen MR) is 87.1 cm³/mol. The third-order valence-electron chi connectivity index (χ3n) is 3.35. The summed E-state index contributed by atoms with van der Waals surface area (Å²) < 4.78 is 0. The summed E-state index contributed by atoms with van der Waals surface area (Å²) in [5.41, 5.74) is 6.17. The molecule has 0 aliphatic heterocycles. The Morgan fingerprint density at radius 1 is 1.45 bits per heavy atom. The molecule has 0 fully saturated rings. The first-order valence-corrected chi connectivity index (χ1v) is 7.30. The van der Waals surface area contributed by atoms with E-state index in [1.54, 1.807) is 26.0 Å². The van der Waals surface area contributed by atoms with Gasteiger partial charge in [-0.15, -0.1) is 0 Å². The van der Waals surface area contributed by atoms with Gasteiger partial charge in [0.2, 0.25) is 0 Å². The second-order valence-corrected chi connectivity index (χ2v) is 6.49. The Kier molecular flexibility index (Phi) is 6.19. The van der Waals surface area contributed by atoms with Crippen LogP contribution in [-0.4, -0.2) is 27.0 Å².